The third-order valence-electron chi connectivity index (χ3n) is 2.53. The highest BCUT2D eigenvalue weighted by atomic mass is 35.5. The number of benzene rings is 2. The van der Waals surface area contributed by atoms with Crippen LogP contribution in [0.5, 0.6) is 17.2 Å². The fourth-order valence-corrected chi connectivity index (χ4v) is 1.74. The zero-order valence-electron chi connectivity index (χ0n) is 10.3. The maximum absolute atomic E-state index is 7.33. The number of hydrogen-bond acceptors (Lipinski definition) is 3. The van der Waals surface area contributed by atoms with Crippen molar-refractivity contribution >= 4 is 17.4 Å². The van der Waals surface area contributed by atoms with Gasteiger partial charge in [0, 0.05) is 5.56 Å². The van der Waals surface area contributed by atoms with Crippen LogP contribution in [0.15, 0.2) is 42.5 Å². The van der Waals surface area contributed by atoms with Crippen LogP contribution in [0.2, 0.25) is 5.02 Å². The summed E-state index contributed by atoms with van der Waals surface area (Å²) in [6.07, 6.45) is 0. The molecule has 0 fully saturated rings. The fourth-order valence-electron chi connectivity index (χ4n) is 1.52. The zero-order valence-corrected chi connectivity index (χ0v) is 11.1. The molecule has 0 saturated heterocycles. The molecule has 2 aromatic rings. The molecule has 0 saturated carbocycles. The molecule has 0 heterocycles. The first-order valence-corrected chi connectivity index (χ1v) is 5.94. The van der Waals surface area contributed by atoms with Gasteiger partial charge in [0.15, 0.2) is 0 Å². The number of hydrogen-bond donors (Lipinski definition) is 2. The predicted molar refractivity (Wildman–Crippen MR) is 75.5 cm³/mol. The van der Waals surface area contributed by atoms with Crippen molar-refractivity contribution in [2.75, 3.05) is 7.11 Å². The molecule has 0 unspecified atom stereocenters. The van der Waals surface area contributed by atoms with Gasteiger partial charge in [0.05, 0.1) is 12.1 Å². The lowest BCUT2D eigenvalue weighted by Crippen LogP contribution is -2.10. The monoisotopic (exact) mass is 276 g/mol. The molecule has 98 valence electrons. The lowest BCUT2D eigenvalue weighted by Gasteiger charge is -2.09. The Morgan fingerprint density at radius 1 is 1.11 bits per heavy atom. The minimum absolute atomic E-state index is 0.0297. The molecule has 0 amide bonds. The molecule has 4 nitrogen and oxygen atoms in total. The van der Waals surface area contributed by atoms with Crippen LogP contribution >= 0.6 is 11.6 Å². The molecule has 0 atom stereocenters. The van der Waals surface area contributed by atoms with Crippen molar-refractivity contribution in [1.29, 1.82) is 5.41 Å². The van der Waals surface area contributed by atoms with Crippen molar-refractivity contribution in [2.24, 2.45) is 5.73 Å². The summed E-state index contributed by atoms with van der Waals surface area (Å²) in [4.78, 5) is 0. The van der Waals surface area contributed by atoms with Gasteiger partial charge in [-0.3, -0.25) is 5.41 Å². The van der Waals surface area contributed by atoms with E-state index in [1.54, 1.807) is 49.6 Å². The normalized spacial score (nSPS) is 10.0. The number of nitrogens with one attached hydrogen (secondary N) is 1. The van der Waals surface area contributed by atoms with Gasteiger partial charge < -0.3 is 15.2 Å². The quantitative estimate of drug-likeness (QED) is 0.664. The first-order valence-electron chi connectivity index (χ1n) is 5.56. The van der Waals surface area contributed by atoms with Crippen LogP contribution in [0.4, 0.5) is 0 Å². The topological polar surface area (TPSA) is 68.3 Å². The summed E-state index contributed by atoms with van der Waals surface area (Å²) < 4.78 is 10.7. The van der Waals surface area contributed by atoms with E-state index in [0.717, 1.165) is 5.75 Å². The zero-order chi connectivity index (χ0) is 13.8. The maximum atomic E-state index is 7.33. The van der Waals surface area contributed by atoms with Crippen LogP contribution in [0, 0.1) is 5.41 Å². The third kappa shape index (κ3) is 3.17. The molecule has 0 aliphatic heterocycles. The number of nitrogens with two attached hydrogens (primary N) is 1. The van der Waals surface area contributed by atoms with Gasteiger partial charge in [-0.15, -0.1) is 0 Å². The lowest BCUT2D eigenvalue weighted by molar-refractivity contribution is 0.413. The Labute approximate surface area is 116 Å². The number of ether oxygens (including phenoxy) is 2. The number of amidine groups is 1. The number of rotatable bonds is 4. The number of nitrogen functional groups attached to an aromatic ring is 1. The van der Waals surface area contributed by atoms with Crippen molar-refractivity contribution in [3.05, 3.63) is 53.1 Å². The Hall–Kier alpha value is -2.20. The number of methoxy groups -OCH3 is 1. The average molecular weight is 277 g/mol. The third-order valence-corrected chi connectivity index (χ3v) is 2.83. The highest BCUT2D eigenvalue weighted by Gasteiger charge is 2.06. The van der Waals surface area contributed by atoms with E-state index >= 15 is 0 Å². The van der Waals surface area contributed by atoms with Gasteiger partial charge >= 0.3 is 0 Å². The van der Waals surface area contributed by atoms with E-state index in [1.165, 1.54) is 0 Å². The molecule has 5 heteroatoms. The molecular weight excluding hydrogens is 264 g/mol. The Bertz CT molecular complexity index is 597. The van der Waals surface area contributed by atoms with E-state index in [1.807, 2.05) is 0 Å². The molecule has 0 spiro atoms. The molecule has 3 N–H and O–H groups in total. The highest BCUT2D eigenvalue weighted by molar-refractivity contribution is 6.32. The van der Waals surface area contributed by atoms with Crippen molar-refractivity contribution < 1.29 is 9.47 Å². The Balaban J connectivity index is 2.20. The summed E-state index contributed by atoms with van der Waals surface area (Å²) in [6.45, 7) is 0. The van der Waals surface area contributed by atoms with Crippen LogP contribution in [0.25, 0.3) is 0 Å². The van der Waals surface area contributed by atoms with E-state index in [-0.39, 0.29) is 5.84 Å². The largest absolute Gasteiger partial charge is 0.497 e. The van der Waals surface area contributed by atoms with Crippen LogP contribution in [-0.4, -0.2) is 12.9 Å². The Morgan fingerprint density at radius 3 is 2.26 bits per heavy atom. The average Bonchev–Trinajstić information content (AvgIpc) is 2.41. The van der Waals surface area contributed by atoms with Crippen LogP contribution in [-0.2, 0) is 0 Å². The summed E-state index contributed by atoms with van der Waals surface area (Å²) in [5.41, 5.74) is 5.95. The van der Waals surface area contributed by atoms with Crippen LogP contribution in [0.3, 0.4) is 0 Å². The van der Waals surface area contributed by atoms with Gasteiger partial charge in [0.25, 0.3) is 0 Å². The van der Waals surface area contributed by atoms with Gasteiger partial charge in [0.2, 0.25) is 0 Å². The van der Waals surface area contributed by atoms with Crippen LogP contribution < -0.4 is 15.2 Å². The van der Waals surface area contributed by atoms with E-state index in [4.69, 9.17) is 32.2 Å². The van der Waals surface area contributed by atoms with Crippen molar-refractivity contribution in [1.82, 2.24) is 0 Å². The van der Waals surface area contributed by atoms with Crippen molar-refractivity contribution in [2.45, 2.75) is 0 Å². The van der Waals surface area contributed by atoms with Gasteiger partial charge in [-0.1, -0.05) is 11.6 Å². The van der Waals surface area contributed by atoms with Crippen molar-refractivity contribution in [3.63, 3.8) is 0 Å². The molecule has 2 rings (SSSR count). The summed E-state index contributed by atoms with van der Waals surface area (Å²) >= 11 is 6.08. The highest BCUT2D eigenvalue weighted by Crippen LogP contribution is 2.30. The fraction of sp³-hybridized carbons (Fsp3) is 0.0714. The predicted octanol–water partition coefficient (Wildman–Crippen LogP) is 3.42. The first-order chi connectivity index (χ1) is 9.10. The van der Waals surface area contributed by atoms with Crippen molar-refractivity contribution in [3.8, 4) is 17.2 Å². The van der Waals surface area contributed by atoms with E-state index in [0.29, 0.717) is 22.1 Å². The van der Waals surface area contributed by atoms with Crippen LogP contribution in [0.1, 0.15) is 5.56 Å². The second-order valence-corrected chi connectivity index (χ2v) is 4.24. The molecule has 0 aliphatic rings. The lowest BCUT2D eigenvalue weighted by atomic mass is 10.2. The second-order valence-electron chi connectivity index (χ2n) is 3.84. The molecule has 0 radical (unpaired) electrons. The summed E-state index contributed by atoms with van der Waals surface area (Å²) in [5, 5.41) is 7.74. The molecule has 0 aliphatic carbocycles. The molecule has 0 bridgehead atoms. The van der Waals surface area contributed by atoms with Gasteiger partial charge in [-0.25, -0.2) is 0 Å². The van der Waals surface area contributed by atoms with E-state index in [2.05, 4.69) is 0 Å². The molecule has 2 aromatic carbocycles. The van der Waals surface area contributed by atoms with E-state index < -0.39 is 0 Å². The molecule has 0 aromatic heterocycles. The second kappa shape index (κ2) is 5.63. The van der Waals surface area contributed by atoms with Gasteiger partial charge in [-0.2, -0.15) is 0 Å². The first kappa shape index (κ1) is 13.2. The Morgan fingerprint density at radius 2 is 1.74 bits per heavy atom. The van der Waals surface area contributed by atoms with Gasteiger partial charge in [-0.05, 0) is 42.5 Å². The Kier molecular flexibility index (Phi) is 3.92. The standard InChI is InChI=1S/C14H13ClN2O2/c1-18-10-3-5-11(6-4-10)19-13-7-2-9(14(16)17)8-12(13)15/h2-8H,1H3,(H3,16,17). The number of halogens is 1. The minimum Gasteiger partial charge on any atom is -0.497 e. The van der Waals surface area contributed by atoms with Gasteiger partial charge in [0.1, 0.15) is 23.1 Å². The van der Waals surface area contributed by atoms with E-state index in [9.17, 15) is 0 Å². The minimum atomic E-state index is -0.0297. The SMILES string of the molecule is COc1ccc(Oc2ccc(C(=N)N)cc2Cl)cc1. The smallest absolute Gasteiger partial charge is 0.146 e. The molecule has 19 heavy (non-hydrogen) atoms. The summed E-state index contributed by atoms with van der Waals surface area (Å²) in [7, 11) is 1.60. The maximum Gasteiger partial charge on any atom is 0.146 e. The summed E-state index contributed by atoms with van der Waals surface area (Å²) in [6, 6.07) is 12.1. The molecular formula is C14H13ClN2O2. The summed E-state index contributed by atoms with van der Waals surface area (Å²) in [5.74, 6) is 1.89.